The molecule has 6 aliphatic heterocycles. The van der Waals surface area contributed by atoms with Crippen LogP contribution in [-0.4, -0.2) is 161 Å². The van der Waals surface area contributed by atoms with Crippen molar-refractivity contribution in [2.75, 3.05) is 33.4 Å². The van der Waals surface area contributed by atoms with Crippen LogP contribution in [0.4, 0.5) is 0 Å². The Hall–Kier alpha value is -6.56. The van der Waals surface area contributed by atoms with Crippen molar-refractivity contribution in [3.8, 4) is 5.75 Å². The quantitative estimate of drug-likeness (QED) is 0.207. The number of carbonyl (C=O) groups excluding carboxylic acids is 10. The Bertz CT molecular complexity index is 2430. The largest absolute Gasteiger partial charge is 0.497 e. The second-order valence-corrected chi connectivity index (χ2v) is 18.4. The molecule has 8 amide bonds. The van der Waals surface area contributed by atoms with Gasteiger partial charge in [-0.2, -0.15) is 0 Å². The molecule has 23 nitrogen and oxygen atoms in total. The van der Waals surface area contributed by atoms with Gasteiger partial charge in [0.1, 0.15) is 42.0 Å². The molecule has 6 saturated heterocycles. The van der Waals surface area contributed by atoms with Gasteiger partial charge in [0.2, 0.25) is 36.2 Å². The van der Waals surface area contributed by atoms with Gasteiger partial charge >= 0.3 is 11.9 Å². The highest BCUT2D eigenvalue weighted by Crippen LogP contribution is 2.29. The molecule has 0 radical (unpaired) electrons. The van der Waals surface area contributed by atoms with Crippen LogP contribution in [-0.2, 0) is 57.3 Å². The summed E-state index contributed by atoms with van der Waals surface area (Å²) >= 11 is 12.0. The van der Waals surface area contributed by atoms with Crippen LogP contribution in [0.2, 0.25) is 10.0 Å². The van der Waals surface area contributed by atoms with Crippen LogP contribution < -0.4 is 26.0 Å². The lowest BCUT2D eigenvalue weighted by molar-refractivity contribution is -0.177. The topological polar surface area (TPSA) is 278 Å². The average Bonchev–Trinajstić information content (AvgIpc) is 3.82. The summed E-state index contributed by atoms with van der Waals surface area (Å²) in [7, 11) is 1.52. The van der Waals surface area contributed by atoms with E-state index in [9.17, 15) is 47.9 Å². The second-order valence-electron chi connectivity index (χ2n) is 17.5. The van der Waals surface area contributed by atoms with Crippen LogP contribution in [0.1, 0.15) is 98.8 Å². The first kappa shape index (κ1) is 53.2. The number of esters is 2. The van der Waals surface area contributed by atoms with Gasteiger partial charge in [0.25, 0.3) is 23.6 Å². The molecule has 6 aliphatic rings. The third kappa shape index (κ3) is 12.4. The summed E-state index contributed by atoms with van der Waals surface area (Å²) in [6.45, 7) is 4.60. The molecule has 8 atom stereocenters. The highest BCUT2D eigenvalue weighted by Gasteiger charge is 2.48. The molecule has 72 heavy (non-hydrogen) atoms. The maximum absolute atomic E-state index is 13.6. The van der Waals surface area contributed by atoms with E-state index in [4.69, 9.17) is 46.9 Å². The van der Waals surface area contributed by atoms with E-state index >= 15 is 0 Å². The van der Waals surface area contributed by atoms with Gasteiger partial charge in [-0.15, -0.1) is 0 Å². The fourth-order valence-corrected chi connectivity index (χ4v) is 9.74. The number of amides is 8. The van der Waals surface area contributed by atoms with E-state index in [2.05, 4.69) is 21.3 Å². The molecule has 0 saturated carbocycles. The first-order chi connectivity index (χ1) is 34.5. The standard InChI is InChI=1S/C24H30N4O8.C23H26Cl2N4O7/c1-3-35-24-17(13-20(30)36-24)26-22(32)18-5-4-12-27-19(29)11-10-16(23(33)28(18)27)25-21(31)14-6-8-15(34-2)9-7-14;1-2-35-23-16(11-19(31)36-23)27-21(33)17-4-3-7-28-18(30)6-5-15(22(34)29(17)28)26-20(32)12-8-13(24)10-14(25)9-12/h6-9,16-18,24H,3-5,10-13H2,1-2H3,(H,25,31)(H,26,32);8-10,15-17,23H,2-7,11H2,1H3,(H,26,32)(H,27,33)/t16-,17-,18-,24?;15-,16-,17-,23?/m00/s1. The number of hydrogen-bond acceptors (Lipinski definition) is 15. The predicted octanol–water partition coefficient (Wildman–Crippen LogP) is 1.53. The Morgan fingerprint density at radius 3 is 1.46 bits per heavy atom. The SMILES string of the molecule is CCOC1OC(=O)C[C@@H]1NC(=O)[C@@H]1CCCN2C(=O)CC[C@H](NC(=O)c3cc(Cl)cc(Cl)c3)C(=O)N12.CCOC1OC(=O)C[C@@H]1NC(=O)[C@@H]1CCCN2C(=O)CC[C@H](NC(=O)c3ccc(OC)cc3)C(=O)N12. The first-order valence-electron chi connectivity index (χ1n) is 23.7. The lowest BCUT2D eigenvalue weighted by atomic mass is 10.0. The Balaban J connectivity index is 0.000000211. The van der Waals surface area contributed by atoms with E-state index in [1.807, 2.05) is 0 Å². The van der Waals surface area contributed by atoms with Crippen molar-refractivity contribution < 1.29 is 71.6 Å². The van der Waals surface area contributed by atoms with E-state index in [-0.39, 0.29) is 85.7 Å². The maximum atomic E-state index is 13.6. The van der Waals surface area contributed by atoms with Crippen molar-refractivity contribution in [3.05, 3.63) is 63.6 Å². The van der Waals surface area contributed by atoms with Crippen LogP contribution in [0.5, 0.6) is 5.75 Å². The lowest BCUT2D eigenvalue weighted by Gasteiger charge is -2.43. The summed E-state index contributed by atoms with van der Waals surface area (Å²) < 4.78 is 26.1. The number of hydrazine groups is 2. The number of rotatable bonds is 13. The van der Waals surface area contributed by atoms with Crippen LogP contribution in [0.25, 0.3) is 0 Å². The summed E-state index contributed by atoms with van der Waals surface area (Å²) in [5.74, 6) is -4.28. The molecule has 6 fully saturated rings. The fraction of sp³-hybridized carbons (Fsp3) is 0.532. The van der Waals surface area contributed by atoms with Gasteiger partial charge in [-0.25, -0.2) is 10.0 Å². The van der Waals surface area contributed by atoms with Gasteiger partial charge in [-0.3, -0.25) is 58.0 Å². The van der Waals surface area contributed by atoms with E-state index in [0.29, 0.717) is 43.5 Å². The number of halogens is 2. The van der Waals surface area contributed by atoms with Crippen molar-refractivity contribution in [1.82, 2.24) is 41.3 Å². The molecule has 4 N–H and O–H groups in total. The van der Waals surface area contributed by atoms with Gasteiger partial charge in [0.15, 0.2) is 0 Å². The number of nitrogens with one attached hydrogen (secondary N) is 4. The minimum Gasteiger partial charge on any atom is -0.497 e. The van der Waals surface area contributed by atoms with Crippen LogP contribution >= 0.6 is 23.2 Å². The lowest BCUT2D eigenvalue weighted by Crippen LogP contribution is -2.64. The predicted molar refractivity (Wildman–Crippen MR) is 250 cm³/mol. The van der Waals surface area contributed by atoms with Crippen LogP contribution in [0, 0.1) is 0 Å². The number of cyclic esters (lactones) is 2. The average molecular weight is 1040 g/mol. The molecule has 388 valence electrons. The minimum atomic E-state index is -1.05. The zero-order chi connectivity index (χ0) is 51.8. The molecular weight excluding hydrogens is 987 g/mol. The molecule has 0 bridgehead atoms. The van der Waals surface area contributed by atoms with Gasteiger partial charge in [-0.05, 0) is 94.8 Å². The zero-order valence-electron chi connectivity index (χ0n) is 39.7. The molecule has 6 heterocycles. The van der Waals surface area contributed by atoms with Crippen molar-refractivity contribution in [3.63, 3.8) is 0 Å². The van der Waals surface area contributed by atoms with E-state index in [0.717, 1.165) is 5.01 Å². The third-order valence-electron chi connectivity index (χ3n) is 12.7. The highest BCUT2D eigenvalue weighted by atomic mass is 35.5. The molecule has 2 unspecified atom stereocenters. The van der Waals surface area contributed by atoms with E-state index in [1.165, 1.54) is 40.3 Å². The van der Waals surface area contributed by atoms with Crippen LogP contribution in [0.15, 0.2) is 42.5 Å². The number of fused-ring (bicyclic) bond motifs is 2. The van der Waals surface area contributed by atoms with Crippen LogP contribution in [0.3, 0.4) is 0 Å². The van der Waals surface area contributed by atoms with E-state index in [1.54, 1.807) is 38.1 Å². The monoisotopic (exact) mass is 1040 g/mol. The fourth-order valence-electron chi connectivity index (χ4n) is 9.22. The second kappa shape index (κ2) is 23.8. The third-order valence-corrected chi connectivity index (χ3v) is 13.1. The number of nitrogens with zero attached hydrogens (tertiary/aromatic N) is 4. The summed E-state index contributed by atoms with van der Waals surface area (Å²) in [5.41, 5.74) is 0.491. The number of benzene rings is 2. The number of methoxy groups -OCH3 is 1. The molecule has 25 heteroatoms. The van der Waals surface area contributed by atoms with E-state index < -0.39 is 96.2 Å². The number of carbonyl (C=O) groups is 10. The Morgan fingerprint density at radius 1 is 0.611 bits per heavy atom. The van der Waals surface area contributed by atoms with Crippen molar-refractivity contribution >= 4 is 82.4 Å². The van der Waals surface area contributed by atoms with Gasteiger partial charge in [-0.1, -0.05) is 23.2 Å². The minimum absolute atomic E-state index is 0.00914. The normalized spacial score (nSPS) is 26.2. The van der Waals surface area contributed by atoms with Crippen molar-refractivity contribution in [2.24, 2.45) is 0 Å². The Labute approximate surface area is 423 Å². The number of hydrogen-bond donors (Lipinski definition) is 4. The summed E-state index contributed by atoms with van der Waals surface area (Å²) in [4.78, 5) is 129. The molecule has 0 aromatic heterocycles. The highest BCUT2D eigenvalue weighted by molar-refractivity contribution is 6.35. The maximum Gasteiger partial charge on any atom is 0.310 e. The summed E-state index contributed by atoms with van der Waals surface area (Å²) in [5, 5.41) is 16.2. The smallest absolute Gasteiger partial charge is 0.310 e. The van der Waals surface area contributed by atoms with Gasteiger partial charge in [0.05, 0.1) is 20.0 Å². The molecular formula is C47H56Cl2N8O15. The first-order valence-corrected chi connectivity index (χ1v) is 24.5. The molecule has 0 spiro atoms. The number of ether oxygens (including phenoxy) is 5. The molecule has 2 aromatic rings. The molecule has 2 aromatic carbocycles. The summed E-state index contributed by atoms with van der Waals surface area (Å²) in [6.07, 6.45) is -0.0970. The Morgan fingerprint density at radius 2 is 1.04 bits per heavy atom. The molecule has 0 aliphatic carbocycles. The van der Waals surface area contributed by atoms with Gasteiger partial charge < -0.3 is 45.0 Å². The van der Waals surface area contributed by atoms with Gasteiger partial charge in [0, 0.05) is 60.3 Å². The van der Waals surface area contributed by atoms with Crippen molar-refractivity contribution in [1.29, 1.82) is 0 Å². The Kier molecular flexibility index (Phi) is 17.6. The summed E-state index contributed by atoms with van der Waals surface area (Å²) in [6, 6.07) is 5.26. The zero-order valence-corrected chi connectivity index (χ0v) is 41.2. The van der Waals surface area contributed by atoms with Crippen molar-refractivity contribution in [2.45, 2.75) is 127 Å². The molecule has 8 rings (SSSR count).